The molecule has 0 unspecified atom stereocenters. The number of anilines is 1. The minimum atomic E-state index is 0.263. The van der Waals surface area contributed by atoms with E-state index in [1.54, 1.807) is 4.68 Å². The third-order valence-corrected chi connectivity index (χ3v) is 5.31. The van der Waals surface area contributed by atoms with Crippen molar-refractivity contribution in [2.24, 2.45) is 0 Å². The lowest BCUT2D eigenvalue weighted by Gasteiger charge is -2.11. The second-order valence-electron chi connectivity index (χ2n) is 7.32. The predicted molar refractivity (Wildman–Crippen MR) is 121 cm³/mol. The van der Waals surface area contributed by atoms with Crippen LogP contribution in [0, 0.1) is 12.3 Å². The van der Waals surface area contributed by atoms with E-state index in [0.29, 0.717) is 11.2 Å². The summed E-state index contributed by atoms with van der Waals surface area (Å²) in [5, 5.41) is 15.3. The van der Waals surface area contributed by atoms with E-state index in [4.69, 9.17) is 16.2 Å². The number of nitrogens with zero attached hydrogens (tertiary/aromatic N) is 3. The Morgan fingerprint density at radius 3 is 2.03 bits per heavy atom. The number of hydrogen-bond acceptors (Lipinski definition) is 3. The van der Waals surface area contributed by atoms with Crippen molar-refractivity contribution in [2.75, 3.05) is 5.73 Å². The number of nitrogens with two attached hydrogens (primary N) is 1. The Balaban J connectivity index is 1.88. The molecule has 30 heavy (non-hydrogen) atoms. The Hall–Kier alpha value is -4.12. The molecule has 0 saturated carbocycles. The third-order valence-electron chi connectivity index (χ3n) is 5.31. The van der Waals surface area contributed by atoms with Gasteiger partial charge >= 0.3 is 0 Å². The number of nitrogen functional groups attached to an aromatic ring is 1. The molecule has 0 amide bonds. The highest BCUT2D eigenvalue weighted by molar-refractivity contribution is 6.00. The number of aromatic nitrogens is 3. The van der Waals surface area contributed by atoms with Gasteiger partial charge in [-0.1, -0.05) is 66.2 Å². The largest absolute Gasteiger partial charge is 0.384 e. The Morgan fingerprint density at radius 2 is 1.40 bits per heavy atom. The number of benzene rings is 3. The van der Waals surface area contributed by atoms with Crippen LogP contribution in [0.5, 0.6) is 0 Å². The average molecular weight is 391 g/mol. The summed E-state index contributed by atoms with van der Waals surface area (Å²) in [5.74, 6) is 0.529. The van der Waals surface area contributed by atoms with E-state index in [1.807, 2.05) is 71.4 Å². The summed E-state index contributed by atoms with van der Waals surface area (Å²) in [6.07, 6.45) is 1.98. The maximum atomic E-state index is 8.89. The Kier molecular flexibility index (Phi) is 4.21. The molecule has 5 heteroatoms. The standard InChI is InChI=1S/C25H21N5/c1-17-12-14-18(15-13-17)23-21-16-29(19-8-4-2-5-9-19)24(26)22(21)25(27)30(28-23)20-10-6-3-7-11-20/h2-16,27H,26H2,1H3. The highest BCUT2D eigenvalue weighted by atomic mass is 15.3. The van der Waals surface area contributed by atoms with E-state index in [1.165, 1.54) is 5.56 Å². The van der Waals surface area contributed by atoms with Crippen LogP contribution in [-0.4, -0.2) is 14.3 Å². The van der Waals surface area contributed by atoms with Crippen molar-refractivity contribution in [1.29, 1.82) is 5.41 Å². The third kappa shape index (κ3) is 2.88. The van der Waals surface area contributed by atoms with E-state index in [2.05, 4.69) is 31.2 Å². The van der Waals surface area contributed by atoms with Crippen LogP contribution in [0.1, 0.15) is 5.56 Å². The summed E-state index contributed by atoms with van der Waals surface area (Å²) in [5.41, 5.74) is 11.6. The van der Waals surface area contributed by atoms with Crippen molar-refractivity contribution in [2.45, 2.75) is 6.92 Å². The molecule has 2 aromatic heterocycles. The van der Waals surface area contributed by atoms with Crippen molar-refractivity contribution in [3.05, 3.63) is 102 Å². The minimum Gasteiger partial charge on any atom is -0.384 e. The second kappa shape index (κ2) is 7.04. The van der Waals surface area contributed by atoms with Crippen LogP contribution < -0.4 is 11.2 Å². The Morgan fingerprint density at radius 1 is 0.800 bits per heavy atom. The number of para-hydroxylation sites is 2. The Bertz CT molecular complexity index is 1400. The molecule has 3 N–H and O–H groups in total. The van der Waals surface area contributed by atoms with Gasteiger partial charge in [0.1, 0.15) is 11.5 Å². The molecule has 0 spiro atoms. The van der Waals surface area contributed by atoms with E-state index < -0.39 is 0 Å². The molecular weight excluding hydrogens is 370 g/mol. The fourth-order valence-corrected chi connectivity index (χ4v) is 3.74. The second-order valence-corrected chi connectivity index (χ2v) is 7.32. The SMILES string of the molecule is Cc1ccc(-c2nn(-c3ccccc3)c(=N)c3c(N)n(-c4ccccc4)cc23)cc1. The van der Waals surface area contributed by atoms with Crippen molar-refractivity contribution in [1.82, 2.24) is 14.3 Å². The first kappa shape index (κ1) is 17.9. The molecule has 5 aromatic rings. The topological polar surface area (TPSA) is 72.6 Å². The fraction of sp³-hybridized carbons (Fsp3) is 0.0400. The lowest BCUT2D eigenvalue weighted by atomic mass is 10.1. The molecule has 5 nitrogen and oxygen atoms in total. The number of nitrogens with one attached hydrogen (secondary N) is 1. The monoisotopic (exact) mass is 391 g/mol. The smallest absolute Gasteiger partial charge is 0.158 e. The van der Waals surface area contributed by atoms with Crippen LogP contribution in [0.3, 0.4) is 0 Å². The number of fused-ring (bicyclic) bond motifs is 1. The van der Waals surface area contributed by atoms with Gasteiger partial charge in [-0.15, -0.1) is 0 Å². The summed E-state index contributed by atoms with van der Waals surface area (Å²) >= 11 is 0. The van der Waals surface area contributed by atoms with Gasteiger partial charge in [0.25, 0.3) is 0 Å². The molecule has 0 radical (unpaired) electrons. The molecule has 2 heterocycles. The van der Waals surface area contributed by atoms with Crippen LogP contribution >= 0.6 is 0 Å². The van der Waals surface area contributed by atoms with Gasteiger partial charge in [0.2, 0.25) is 0 Å². The summed E-state index contributed by atoms with van der Waals surface area (Å²) in [7, 11) is 0. The van der Waals surface area contributed by atoms with Crippen LogP contribution in [0.15, 0.2) is 91.1 Å². The fourth-order valence-electron chi connectivity index (χ4n) is 3.74. The zero-order valence-corrected chi connectivity index (χ0v) is 16.6. The van der Waals surface area contributed by atoms with Crippen molar-refractivity contribution < 1.29 is 0 Å². The van der Waals surface area contributed by atoms with Crippen LogP contribution in [0.2, 0.25) is 0 Å². The van der Waals surface area contributed by atoms with E-state index in [9.17, 15) is 0 Å². The summed E-state index contributed by atoms with van der Waals surface area (Å²) in [4.78, 5) is 0. The predicted octanol–water partition coefficient (Wildman–Crippen LogP) is 4.85. The van der Waals surface area contributed by atoms with Crippen molar-refractivity contribution in [3.63, 3.8) is 0 Å². The molecule has 5 rings (SSSR count). The molecule has 0 aliphatic rings. The van der Waals surface area contributed by atoms with Gasteiger partial charge in [0.05, 0.1) is 11.1 Å². The Labute approximate surface area is 174 Å². The molecule has 0 bridgehead atoms. The van der Waals surface area contributed by atoms with E-state index in [0.717, 1.165) is 28.0 Å². The van der Waals surface area contributed by atoms with Gasteiger partial charge in [-0.05, 0) is 31.2 Å². The van der Waals surface area contributed by atoms with Gasteiger partial charge in [-0.3, -0.25) is 5.41 Å². The van der Waals surface area contributed by atoms with E-state index in [-0.39, 0.29) is 5.49 Å². The van der Waals surface area contributed by atoms with Crippen LogP contribution in [-0.2, 0) is 0 Å². The number of hydrogen-bond donors (Lipinski definition) is 2. The molecule has 3 aromatic carbocycles. The first-order chi connectivity index (χ1) is 14.6. The average Bonchev–Trinajstić information content (AvgIpc) is 3.14. The lowest BCUT2D eigenvalue weighted by Crippen LogP contribution is -2.22. The van der Waals surface area contributed by atoms with Crippen LogP contribution in [0.25, 0.3) is 33.4 Å². The zero-order valence-electron chi connectivity index (χ0n) is 16.6. The first-order valence-electron chi connectivity index (χ1n) is 9.80. The molecule has 0 aliphatic carbocycles. The summed E-state index contributed by atoms with van der Waals surface area (Å²) in [6, 6.07) is 27.9. The number of aryl methyl sites for hydroxylation is 1. The summed E-state index contributed by atoms with van der Waals surface area (Å²) in [6.45, 7) is 2.06. The van der Waals surface area contributed by atoms with Gasteiger partial charge in [0, 0.05) is 22.8 Å². The quantitative estimate of drug-likeness (QED) is 0.461. The lowest BCUT2D eigenvalue weighted by molar-refractivity contribution is 0.794. The normalized spacial score (nSPS) is 11.1. The van der Waals surface area contributed by atoms with E-state index >= 15 is 0 Å². The molecule has 0 atom stereocenters. The van der Waals surface area contributed by atoms with Gasteiger partial charge in [-0.2, -0.15) is 5.10 Å². The maximum Gasteiger partial charge on any atom is 0.158 e. The van der Waals surface area contributed by atoms with Gasteiger partial charge in [-0.25, -0.2) is 4.68 Å². The van der Waals surface area contributed by atoms with Gasteiger partial charge in [0.15, 0.2) is 5.49 Å². The molecule has 0 aliphatic heterocycles. The molecule has 0 saturated heterocycles. The minimum absolute atomic E-state index is 0.263. The van der Waals surface area contributed by atoms with Gasteiger partial charge < -0.3 is 10.3 Å². The van der Waals surface area contributed by atoms with Crippen molar-refractivity contribution in [3.8, 4) is 22.6 Å². The zero-order chi connectivity index (χ0) is 20.7. The molecule has 0 fully saturated rings. The number of rotatable bonds is 3. The van der Waals surface area contributed by atoms with Crippen LogP contribution in [0.4, 0.5) is 5.82 Å². The molecule has 146 valence electrons. The maximum absolute atomic E-state index is 8.89. The van der Waals surface area contributed by atoms with Crippen molar-refractivity contribution >= 4 is 16.6 Å². The summed E-state index contributed by atoms with van der Waals surface area (Å²) < 4.78 is 3.58. The highest BCUT2D eigenvalue weighted by Crippen LogP contribution is 2.31. The highest BCUT2D eigenvalue weighted by Gasteiger charge is 2.18. The molecular formula is C25H21N5. The first-order valence-corrected chi connectivity index (χ1v) is 9.80.